The summed E-state index contributed by atoms with van der Waals surface area (Å²) in [6.45, 7) is 2.41. The summed E-state index contributed by atoms with van der Waals surface area (Å²) in [6.07, 6.45) is 3.31. The van der Waals surface area contributed by atoms with Crippen LogP contribution in [0.25, 0.3) is 11.3 Å². The summed E-state index contributed by atoms with van der Waals surface area (Å²) in [7, 11) is -3.40. The van der Waals surface area contributed by atoms with Crippen LogP contribution in [-0.2, 0) is 14.8 Å². The standard InChI is InChI=1S/C17H21N3O3S2/c1-12-6-8-13(9-7-12)14-11-24-17(18-14)19-16(21)15-5-3-4-10-20(15)25(2,22)23/h6-9,11,15H,3-5,10H2,1-2H3,(H,18,19,21). The first-order valence-electron chi connectivity index (χ1n) is 8.15. The van der Waals surface area contributed by atoms with Crippen molar-refractivity contribution in [2.75, 3.05) is 18.1 Å². The number of hydrogen-bond acceptors (Lipinski definition) is 5. The lowest BCUT2D eigenvalue weighted by molar-refractivity contribution is -0.120. The summed E-state index contributed by atoms with van der Waals surface area (Å²) in [5, 5.41) is 5.15. The van der Waals surface area contributed by atoms with Crippen LogP contribution in [-0.4, -0.2) is 42.5 Å². The summed E-state index contributed by atoms with van der Waals surface area (Å²) in [5.74, 6) is -0.310. The molecule has 2 aromatic rings. The molecule has 3 rings (SSSR count). The van der Waals surface area contributed by atoms with Gasteiger partial charge in [-0.05, 0) is 19.8 Å². The molecule has 0 saturated carbocycles. The summed E-state index contributed by atoms with van der Waals surface area (Å²) in [6, 6.07) is 7.35. The van der Waals surface area contributed by atoms with Gasteiger partial charge < -0.3 is 5.32 Å². The molecule has 1 saturated heterocycles. The first-order chi connectivity index (χ1) is 11.8. The molecule has 8 heteroatoms. The molecule has 1 aromatic carbocycles. The highest BCUT2D eigenvalue weighted by Gasteiger charge is 2.34. The highest BCUT2D eigenvalue weighted by atomic mass is 32.2. The van der Waals surface area contributed by atoms with Crippen molar-refractivity contribution in [1.29, 1.82) is 0 Å². The van der Waals surface area contributed by atoms with Crippen LogP contribution in [0.2, 0.25) is 0 Å². The van der Waals surface area contributed by atoms with E-state index >= 15 is 0 Å². The Balaban J connectivity index is 1.73. The van der Waals surface area contributed by atoms with Crippen molar-refractivity contribution in [3.05, 3.63) is 35.2 Å². The van der Waals surface area contributed by atoms with Crippen LogP contribution in [0.1, 0.15) is 24.8 Å². The number of piperidine rings is 1. The third-order valence-electron chi connectivity index (χ3n) is 4.26. The molecule has 1 unspecified atom stereocenters. The van der Waals surface area contributed by atoms with Gasteiger partial charge >= 0.3 is 0 Å². The van der Waals surface area contributed by atoms with E-state index in [2.05, 4.69) is 10.3 Å². The molecule has 1 aromatic heterocycles. The number of sulfonamides is 1. The third kappa shape index (κ3) is 4.26. The average Bonchev–Trinajstić information content (AvgIpc) is 3.03. The zero-order chi connectivity index (χ0) is 18.0. The Labute approximate surface area is 151 Å². The number of aromatic nitrogens is 1. The maximum atomic E-state index is 12.6. The Bertz CT molecular complexity index is 860. The van der Waals surface area contributed by atoms with Gasteiger partial charge in [-0.25, -0.2) is 13.4 Å². The first-order valence-corrected chi connectivity index (χ1v) is 10.9. The van der Waals surface area contributed by atoms with Crippen LogP contribution in [0.3, 0.4) is 0 Å². The minimum Gasteiger partial charge on any atom is -0.301 e. The van der Waals surface area contributed by atoms with E-state index < -0.39 is 16.1 Å². The van der Waals surface area contributed by atoms with Crippen molar-refractivity contribution >= 4 is 32.4 Å². The molecule has 1 amide bonds. The maximum Gasteiger partial charge on any atom is 0.244 e. The number of nitrogens with one attached hydrogen (secondary N) is 1. The number of hydrogen-bond donors (Lipinski definition) is 1. The van der Waals surface area contributed by atoms with Crippen LogP contribution in [0, 0.1) is 6.92 Å². The number of nitrogens with zero attached hydrogens (tertiary/aromatic N) is 2. The second-order valence-electron chi connectivity index (χ2n) is 6.28. The lowest BCUT2D eigenvalue weighted by atomic mass is 10.0. The zero-order valence-electron chi connectivity index (χ0n) is 14.2. The fraction of sp³-hybridized carbons (Fsp3) is 0.412. The molecule has 2 heterocycles. The van der Waals surface area contributed by atoms with Crippen molar-refractivity contribution < 1.29 is 13.2 Å². The second-order valence-corrected chi connectivity index (χ2v) is 9.07. The minimum absolute atomic E-state index is 0.310. The molecule has 134 valence electrons. The highest BCUT2D eigenvalue weighted by molar-refractivity contribution is 7.88. The molecule has 1 fully saturated rings. The van der Waals surface area contributed by atoms with E-state index in [0.29, 0.717) is 18.1 Å². The van der Waals surface area contributed by atoms with E-state index in [9.17, 15) is 13.2 Å². The van der Waals surface area contributed by atoms with E-state index in [1.807, 2.05) is 36.6 Å². The average molecular weight is 380 g/mol. The topological polar surface area (TPSA) is 79.4 Å². The lowest BCUT2D eigenvalue weighted by Crippen LogP contribution is -2.49. The van der Waals surface area contributed by atoms with Crippen molar-refractivity contribution in [1.82, 2.24) is 9.29 Å². The molecule has 25 heavy (non-hydrogen) atoms. The van der Waals surface area contributed by atoms with Gasteiger partial charge in [0.25, 0.3) is 0 Å². The molecule has 0 aliphatic carbocycles. The maximum absolute atomic E-state index is 12.6. The predicted molar refractivity (Wildman–Crippen MR) is 100 cm³/mol. The molecular formula is C17H21N3O3S2. The van der Waals surface area contributed by atoms with E-state index in [0.717, 1.165) is 30.4 Å². The largest absolute Gasteiger partial charge is 0.301 e. The fourth-order valence-electron chi connectivity index (χ4n) is 2.94. The van der Waals surface area contributed by atoms with Gasteiger partial charge in [0, 0.05) is 17.5 Å². The molecular weight excluding hydrogens is 358 g/mol. The summed E-state index contributed by atoms with van der Waals surface area (Å²) < 4.78 is 25.1. The summed E-state index contributed by atoms with van der Waals surface area (Å²) in [5.41, 5.74) is 2.95. The van der Waals surface area contributed by atoms with Gasteiger partial charge in [-0.3, -0.25) is 4.79 Å². The number of carbonyl (C=O) groups excluding carboxylic acids is 1. The van der Waals surface area contributed by atoms with E-state index in [-0.39, 0.29) is 5.91 Å². The Morgan fingerprint density at radius 3 is 2.68 bits per heavy atom. The molecule has 0 radical (unpaired) electrons. The molecule has 6 nitrogen and oxygen atoms in total. The highest BCUT2D eigenvalue weighted by Crippen LogP contribution is 2.26. The number of benzene rings is 1. The van der Waals surface area contributed by atoms with Gasteiger partial charge in [0.05, 0.1) is 11.9 Å². The van der Waals surface area contributed by atoms with E-state index in [4.69, 9.17) is 0 Å². The Kier molecular flexibility index (Phi) is 5.21. The first kappa shape index (κ1) is 18.0. The van der Waals surface area contributed by atoms with Crippen LogP contribution in [0.4, 0.5) is 5.13 Å². The van der Waals surface area contributed by atoms with Crippen molar-refractivity contribution in [3.8, 4) is 11.3 Å². The van der Waals surface area contributed by atoms with Crippen molar-refractivity contribution in [2.24, 2.45) is 0 Å². The Morgan fingerprint density at radius 2 is 2.00 bits per heavy atom. The number of rotatable bonds is 4. The van der Waals surface area contributed by atoms with Crippen LogP contribution >= 0.6 is 11.3 Å². The SMILES string of the molecule is Cc1ccc(-c2csc(NC(=O)C3CCCCN3S(C)(=O)=O)n2)cc1. The monoisotopic (exact) mass is 379 g/mol. The van der Waals surface area contributed by atoms with Crippen molar-refractivity contribution in [2.45, 2.75) is 32.2 Å². The number of thiazole rings is 1. The smallest absolute Gasteiger partial charge is 0.244 e. The molecule has 1 N–H and O–H groups in total. The van der Waals surface area contributed by atoms with Gasteiger partial charge in [0.15, 0.2) is 5.13 Å². The van der Waals surface area contributed by atoms with Crippen LogP contribution in [0.5, 0.6) is 0 Å². The third-order valence-corrected chi connectivity index (χ3v) is 6.31. The van der Waals surface area contributed by atoms with Crippen LogP contribution in [0.15, 0.2) is 29.6 Å². The van der Waals surface area contributed by atoms with Crippen molar-refractivity contribution in [3.63, 3.8) is 0 Å². The van der Waals surface area contributed by atoms with E-state index in [1.54, 1.807) is 0 Å². The Morgan fingerprint density at radius 1 is 1.28 bits per heavy atom. The summed E-state index contributed by atoms with van der Waals surface area (Å²) in [4.78, 5) is 17.0. The number of amides is 1. The van der Waals surface area contributed by atoms with Gasteiger partial charge in [-0.2, -0.15) is 4.31 Å². The fourth-order valence-corrected chi connectivity index (χ4v) is 4.79. The number of aryl methyl sites for hydroxylation is 1. The van der Waals surface area contributed by atoms with E-state index in [1.165, 1.54) is 21.2 Å². The normalized spacial score (nSPS) is 18.9. The minimum atomic E-state index is -3.40. The van der Waals surface area contributed by atoms with Gasteiger partial charge in [0.1, 0.15) is 6.04 Å². The second kappa shape index (κ2) is 7.23. The quantitative estimate of drug-likeness (QED) is 0.886. The predicted octanol–water partition coefficient (Wildman–Crippen LogP) is 2.87. The molecule has 0 spiro atoms. The van der Waals surface area contributed by atoms with Gasteiger partial charge in [0.2, 0.25) is 15.9 Å². The number of carbonyl (C=O) groups is 1. The molecule has 1 aliphatic rings. The molecule has 1 aliphatic heterocycles. The number of anilines is 1. The van der Waals surface area contributed by atoms with Gasteiger partial charge in [-0.15, -0.1) is 11.3 Å². The van der Waals surface area contributed by atoms with Gasteiger partial charge in [-0.1, -0.05) is 36.2 Å². The Hall–Kier alpha value is -1.77. The summed E-state index contributed by atoms with van der Waals surface area (Å²) >= 11 is 1.34. The zero-order valence-corrected chi connectivity index (χ0v) is 15.9. The van der Waals surface area contributed by atoms with Crippen LogP contribution < -0.4 is 5.32 Å². The lowest BCUT2D eigenvalue weighted by Gasteiger charge is -2.32. The molecule has 0 bridgehead atoms. The molecule has 1 atom stereocenters.